The van der Waals surface area contributed by atoms with E-state index < -0.39 is 5.41 Å². The van der Waals surface area contributed by atoms with Gasteiger partial charge in [-0.1, -0.05) is 137 Å². The standard InChI is InChI=1S/C45H35N/c1-27-45(37-20-12-8-15-30(37)31-16-9-13-21-38(31)45)41-25-34-32-17-7-11-19-36(32)44(4,5)40(34)26-42(41)46(27)28-22-23-33-29-14-6-10-18-35(29)43(2,3)39(33)24-28/h6-26H,1H2,2-5H3. The molecule has 0 saturated carbocycles. The number of nitrogens with zero attached hydrogens (tertiary/aromatic N) is 1. The molecule has 1 heteroatoms. The zero-order valence-corrected chi connectivity index (χ0v) is 26.8. The minimum absolute atomic E-state index is 0.0857. The molecule has 6 aromatic rings. The van der Waals surface area contributed by atoms with Crippen molar-refractivity contribution in [3.8, 4) is 33.4 Å². The van der Waals surface area contributed by atoms with Crippen molar-refractivity contribution < 1.29 is 0 Å². The molecular formula is C45H35N. The molecule has 0 radical (unpaired) electrons. The maximum atomic E-state index is 5.04. The molecule has 0 fully saturated rings. The molecule has 6 aromatic carbocycles. The van der Waals surface area contributed by atoms with Gasteiger partial charge in [-0.05, 0) is 96.6 Å². The summed E-state index contributed by atoms with van der Waals surface area (Å²) in [4.78, 5) is 2.49. The lowest BCUT2D eigenvalue weighted by atomic mass is 9.71. The van der Waals surface area contributed by atoms with Crippen LogP contribution in [0.4, 0.5) is 11.4 Å². The number of allylic oxidation sites excluding steroid dienone is 1. The summed E-state index contributed by atoms with van der Waals surface area (Å²) in [6.07, 6.45) is 0. The van der Waals surface area contributed by atoms with Crippen LogP contribution in [0.15, 0.2) is 140 Å². The predicted octanol–water partition coefficient (Wildman–Crippen LogP) is 11.3. The van der Waals surface area contributed by atoms with E-state index in [1.807, 2.05) is 0 Å². The van der Waals surface area contributed by atoms with Gasteiger partial charge in [-0.15, -0.1) is 0 Å². The molecule has 0 N–H and O–H groups in total. The Morgan fingerprint density at radius 3 is 1.41 bits per heavy atom. The van der Waals surface area contributed by atoms with Crippen LogP contribution in [0, 0.1) is 0 Å². The van der Waals surface area contributed by atoms with E-state index in [1.165, 1.54) is 83.7 Å². The zero-order chi connectivity index (χ0) is 31.2. The smallest absolute Gasteiger partial charge is 0.0883 e. The summed E-state index contributed by atoms with van der Waals surface area (Å²) in [5.41, 5.74) is 20.4. The second-order valence-corrected chi connectivity index (χ2v) is 14.6. The van der Waals surface area contributed by atoms with Gasteiger partial charge in [0.2, 0.25) is 0 Å². The van der Waals surface area contributed by atoms with Crippen molar-refractivity contribution in [2.24, 2.45) is 0 Å². The van der Waals surface area contributed by atoms with E-state index in [4.69, 9.17) is 6.58 Å². The Morgan fingerprint density at radius 2 is 0.848 bits per heavy atom. The summed E-state index contributed by atoms with van der Waals surface area (Å²) in [5, 5.41) is 0. The number of rotatable bonds is 1. The van der Waals surface area contributed by atoms with Crippen LogP contribution in [-0.2, 0) is 16.2 Å². The Kier molecular flexibility index (Phi) is 4.75. The van der Waals surface area contributed by atoms with Gasteiger partial charge in [-0.2, -0.15) is 0 Å². The van der Waals surface area contributed by atoms with Gasteiger partial charge in [0.15, 0.2) is 0 Å². The summed E-state index contributed by atoms with van der Waals surface area (Å²) in [5.74, 6) is 0. The van der Waals surface area contributed by atoms with Crippen LogP contribution in [0.3, 0.4) is 0 Å². The third-order valence-electron chi connectivity index (χ3n) is 11.8. The van der Waals surface area contributed by atoms with E-state index >= 15 is 0 Å². The first-order valence-electron chi connectivity index (χ1n) is 16.5. The molecule has 0 bridgehead atoms. The minimum Gasteiger partial charge on any atom is -0.313 e. The van der Waals surface area contributed by atoms with E-state index in [-0.39, 0.29) is 10.8 Å². The SMILES string of the molecule is C=C1N(c2ccc3c(c2)C(C)(C)c2ccccc2-3)c2cc3c(cc2C12c1ccccc1-c1ccccc12)-c1ccccc1C3(C)C. The monoisotopic (exact) mass is 589 g/mol. The van der Waals surface area contributed by atoms with Gasteiger partial charge in [0.05, 0.1) is 11.1 Å². The van der Waals surface area contributed by atoms with Crippen LogP contribution >= 0.6 is 0 Å². The van der Waals surface area contributed by atoms with Crippen LogP contribution in [0.1, 0.15) is 66.6 Å². The summed E-state index contributed by atoms with van der Waals surface area (Å²) in [6.45, 7) is 14.5. The van der Waals surface area contributed by atoms with Crippen LogP contribution in [0.2, 0.25) is 0 Å². The van der Waals surface area contributed by atoms with Gasteiger partial charge in [0.25, 0.3) is 0 Å². The Labute approximate surface area is 271 Å². The molecule has 0 unspecified atom stereocenters. The molecule has 0 saturated heterocycles. The number of fused-ring (bicyclic) bond motifs is 13. The normalized spacial score (nSPS) is 17.7. The Morgan fingerprint density at radius 1 is 0.413 bits per heavy atom. The van der Waals surface area contributed by atoms with Crippen molar-refractivity contribution >= 4 is 11.4 Å². The second-order valence-electron chi connectivity index (χ2n) is 14.6. The number of hydrogen-bond donors (Lipinski definition) is 0. The molecule has 0 amide bonds. The van der Waals surface area contributed by atoms with Crippen LogP contribution < -0.4 is 4.90 Å². The van der Waals surface area contributed by atoms with Gasteiger partial charge in [0, 0.05) is 22.2 Å². The van der Waals surface area contributed by atoms with Gasteiger partial charge in [0.1, 0.15) is 0 Å². The van der Waals surface area contributed by atoms with E-state index in [2.05, 4.69) is 160 Å². The molecule has 1 aliphatic heterocycles. The predicted molar refractivity (Wildman–Crippen MR) is 191 cm³/mol. The molecule has 0 aromatic heterocycles. The molecule has 1 heterocycles. The lowest BCUT2D eigenvalue weighted by Crippen LogP contribution is -2.29. The van der Waals surface area contributed by atoms with E-state index in [0.29, 0.717) is 0 Å². The maximum absolute atomic E-state index is 5.04. The first-order valence-corrected chi connectivity index (χ1v) is 16.5. The number of benzene rings is 6. The summed E-state index contributed by atoms with van der Waals surface area (Å²) >= 11 is 0. The molecule has 10 rings (SSSR count). The lowest BCUT2D eigenvalue weighted by molar-refractivity contribution is 0.660. The third kappa shape index (κ3) is 2.85. The van der Waals surface area contributed by atoms with Gasteiger partial charge < -0.3 is 4.90 Å². The fourth-order valence-corrected chi connectivity index (χ4v) is 9.65. The fourth-order valence-electron chi connectivity index (χ4n) is 9.65. The highest BCUT2D eigenvalue weighted by Crippen LogP contribution is 2.66. The van der Waals surface area contributed by atoms with Crippen LogP contribution in [0.25, 0.3) is 33.4 Å². The molecule has 220 valence electrons. The first kappa shape index (κ1) is 26.1. The fraction of sp³-hybridized carbons (Fsp3) is 0.156. The lowest BCUT2D eigenvalue weighted by Gasteiger charge is -2.32. The molecule has 0 atom stereocenters. The molecular weight excluding hydrogens is 555 g/mol. The Balaban J connectivity index is 1.29. The molecule has 3 aliphatic carbocycles. The highest BCUT2D eigenvalue weighted by Gasteiger charge is 2.55. The van der Waals surface area contributed by atoms with Crippen molar-refractivity contribution in [2.45, 2.75) is 43.9 Å². The van der Waals surface area contributed by atoms with Crippen LogP contribution in [0.5, 0.6) is 0 Å². The van der Waals surface area contributed by atoms with Crippen molar-refractivity contribution in [2.75, 3.05) is 4.90 Å². The third-order valence-corrected chi connectivity index (χ3v) is 11.8. The van der Waals surface area contributed by atoms with E-state index in [9.17, 15) is 0 Å². The van der Waals surface area contributed by atoms with Gasteiger partial charge in [-0.3, -0.25) is 0 Å². The topological polar surface area (TPSA) is 3.24 Å². The van der Waals surface area contributed by atoms with E-state index in [0.717, 1.165) is 5.70 Å². The van der Waals surface area contributed by atoms with Crippen molar-refractivity contribution in [1.29, 1.82) is 0 Å². The molecule has 1 nitrogen and oxygen atoms in total. The van der Waals surface area contributed by atoms with Crippen LogP contribution in [-0.4, -0.2) is 0 Å². The summed E-state index contributed by atoms with van der Waals surface area (Å²) in [7, 11) is 0. The zero-order valence-electron chi connectivity index (χ0n) is 26.8. The highest BCUT2D eigenvalue weighted by atomic mass is 15.2. The summed E-state index contributed by atoms with van der Waals surface area (Å²) < 4.78 is 0. The maximum Gasteiger partial charge on any atom is 0.0883 e. The quantitative estimate of drug-likeness (QED) is 0.184. The minimum atomic E-state index is -0.489. The largest absolute Gasteiger partial charge is 0.313 e. The summed E-state index contributed by atoms with van der Waals surface area (Å²) in [6, 6.07) is 48.0. The number of hydrogen-bond acceptors (Lipinski definition) is 1. The van der Waals surface area contributed by atoms with Gasteiger partial charge in [-0.25, -0.2) is 0 Å². The molecule has 4 aliphatic rings. The van der Waals surface area contributed by atoms with Crippen molar-refractivity contribution in [3.63, 3.8) is 0 Å². The molecule has 46 heavy (non-hydrogen) atoms. The first-order chi connectivity index (χ1) is 22.3. The number of anilines is 2. The highest BCUT2D eigenvalue weighted by molar-refractivity contribution is 5.97. The Hall–Kier alpha value is -5.14. The van der Waals surface area contributed by atoms with Gasteiger partial charge >= 0.3 is 0 Å². The Bertz CT molecular complexity index is 2300. The van der Waals surface area contributed by atoms with E-state index in [1.54, 1.807) is 0 Å². The molecule has 1 spiro atoms. The van der Waals surface area contributed by atoms with Crippen molar-refractivity contribution in [1.82, 2.24) is 0 Å². The second kappa shape index (κ2) is 8.36. The average molecular weight is 590 g/mol. The van der Waals surface area contributed by atoms with Crippen molar-refractivity contribution in [3.05, 3.63) is 179 Å². The average Bonchev–Trinajstić information content (AvgIpc) is 3.68.